The van der Waals surface area contributed by atoms with E-state index < -0.39 is 0 Å². The molecule has 2 heterocycles. The SMILES string of the molecule is C=C(C=O)CCCn1ncc2cc(C#N)ccc21.Cc1cccc(C2CC=NN2C)c1. The number of hydrogen-bond acceptors (Lipinski definition) is 5. The summed E-state index contributed by atoms with van der Waals surface area (Å²) in [5, 5.41) is 20.3. The molecule has 0 saturated carbocycles. The van der Waals surface area contributed by atoms with Gasteiger partial charge in [0.15, 0.2) is 0 Å². The third-order valence-corrected chi connectivity index (χ3v) is 5.28. The van der Waals surface area contributed by atoms with Crippen LogP contribution in [0.1, 0.15) is 42.0 Å². The predicted molar refractivity (Wildman–Crippen MR) is 124 cm³/mol. The molecule has 3 aromatic rings. The summed E-state index contributed by atoms with van der Waals surface area (Å²) in [6.45, 7) is 6.51. The van der Waals surface area contributed by atoms with Crippen LogP contribution in [-0.2, 0) is 11.3 Å². The van der Waals surface area contributed by atoms with Crippen LogP contribution in [0.15, 0.2) is 65.9 Å². The van der Waals surface area contributed by atoms with Crippen LogP contribution >= 0.6 is 0 Å². The van der Waals surface area contributed by atoms with Gasteiger partial charge in [0.05, 0.1) is 29.4 Å². The number of rotatable bonds is 6. The molecule has 1 aliphatic rings. The highest BCUT2D eigenvalue weighted by Crippen LogP contribution is 2.26. The van der Waals surface area contributed by atoms with Crippen molar-refractivity contribution < 1.29 is 4.79 Å². The van der Waals surface area contributed by atoms with E-state index in [2.05, 4.69) is 54.0 Å². The molecule has 6 nitrogen and oxygen atoms in total. The average molecular weight is 414 g/mol. The summed E-state index contributed by atoms with van der Waals surface area (Å²) >= 11 is 0. The molecule has 0 N–H and O–H groups in total. The maximum Gasteiger partial charge on any atom is 0.145 e. The van der Waals surface area contributed by atoms with E-state index in [1.807, 2.05) is 35.1 Å². The number of hydrogen-bond donors (Lipinski definition) is 0. The lowest BCUT2D eigenvalue weighted by Crippen LogP contribution is -2.13. The molecule has 1 unspecified atom stereocenters. The number of nitrogens with zero attached hydrogens (tertiary/aromatic N) is 5. The Balaban J connectivity index is 0.000000185. The fourth-order valence-electron chi connectivity index (χ4n) is 3.59. The molecule has 0 saturated heterocycles. The first-order chi connectivity index (χ1) is 15.0. The molecule has 6 heteroatoms. The smallest absolute Gasteiger partial charge is 0.145 e. The number of hydrazone groups is 1. The van der Waals surface area contributed by atoms with Crippen LogP contribution in [0.3, 0.4) is 0 Å². The van der Waals surface area contributed by atoms with Crippen LogP contribution in [0.2, 0.25) is 0 Å². The van der Waals surface area contributed by atoms with Crippen molar-refractivity contribution in [3.05, 3.63) is 77.5 Å². The summed E-state index contributed by atoms with van der Waals surface area (Å²) < 4.78 is 1.88. The summed E-state index contributed by atoms with van der Waals surface area (Å²) in [7, 11) is 2.02. The van der Waals surface area contributed by atoms with Gasteiger partial charge in [-0.2, -0.15) is 15.5 Å². The normalized spacial score (nSPS) is 14.7. The van der Waals surface area contributed by atoms with E-state index in [4.69, 9.17) is 5.26 Å². The molecule has 0 aliphatic carbocycles. The summed E-state index contributed by atoms with van der Waals surface area (Å²) in [6.07, 6.45) is 7.06. The van der Waals surface area contributed by atoms with E-state index in [0.717, 1.165) is 36.6 Å². The minimum Gasteiger partial charge on any atom is -0.298 e. The quantitative estimate of drug-likeness (QED) is 0.430. The second-order valence-corrected chi connectivity index (χ2v) is 7.67. The second kappa shape index (κ2) is 10.4. The predicted octanol–water partition coefficient (Wildman–Crippen LogP) is 4.80. The Hall–Kier alpha value is -3.72. The molecule has 31 heavy (non-hydrogen) atoms. The van der Waals surface area contributed by atoms with Crippen molar-refractivity contribution >= 4 is 23.4 Å². The van der Waals surface area contributed by atoms with Crippen molar-refractivity contribution in [1.29, 1.82) is 5.26 Å². The average Bonchev–Trinajstić information content (AvgIpc) is 3.39. The maximum atomic E-state index is 10.4. The minimum atomic E-state index is 0.444. The van der Waals surface area contributed by atoms with Crippen molar-refractivity contribution in [3.8, 4) is 6.07 Å². The van der Waals surface area contributed by atoms with Crippen molar-refractivity contribution in [2.24, 2.45) is 5.10 Å². The van der Waals surface area contributed by atoms with Crippen LogP contribution in [0.5, 0.6) is 0 Å². The minimum absolute atomic E-state index is 0.444. The fraction of sp³-hybridized carbons (Fsp3) is 0.280. The Morgan fingerprint density at radius 2 is 2.16 bits per heavy atom. The third kappa shape index (κ3) is 5.67. The number of allylic oxidation sites excluding steroid dienone is 1. The molecule has 0 spiro atoms. The molecule has 0 amide bonds. The topological polar surface area (TPSA) is 74.3 Å². The number of carbonyl (C=O) groups is 1. The number of fused-ring (bicyclic) bond motifs is 1. The lowest BCUT2D eigenvalue weighted by atomic mass is 10.0. The summed E-state index contributed by atoms with van der Waals surface area (Å²) in [5.74, 6) is 0. The Kier molecular flexibility index (Phi) is 7.34. The van der Waals surface area contributed by atoms with Gasteiger partial charge in [-0.1, -0.05) is 36.4 Å². The van der Waals surface area contributed by atoms with Crippen molar-refractivity contribution in [3.63, 3.8) is 0 Å². The number of aldehydes is 1. The molecule has 2 aromatic carbocycles. The molecule has 0 fully saturated rings. The lowest BCUT2D eigenvalue weighted by molar-refractivity contribution is -0.105. The van der Waals surface area contributed by atoms with Crippen LogP contribution in [0.4, 0.5) is 0 Å². The van der Waals surface area contributed by atoms with Gasteiger partial charge in [0.25, 0.3) is 0 Å². The van der Waals surface area contributed by atoms with Crippen molar-refractivity contribution in [1.82, 2.24) is 14.8 Å². The van der Waals surface area contributed by atoms with Crippen LogP contribution < -0.4 is 0 Å². The van der Waals surface area contributed by atoms with E-state index in [-0.39, 0.29) is 0 Å². The molecule has 0 radical (unpaired) electrons. The molecule has 158 valence electrons. The number of aromatic nitrogens is 2. The first-order valence-corrected chi connectivity index (χ1v) is 10.3. The van der Waals surface area contributed by atoms with E-state index in [1.54, 1.807) is 12.3 Å². The Bertz CT molecular complexity index is 1140. The Morgan fingerprint density at radius 3 is 2.84 bits per heavy atom. The Morgan fingerprint density at radius 1 is 1.32 bits per heavy atom. The molecule has 0 bridgehead atoms. The van der Waals surface area contributed by atoms with Gasteiger partial charge in [-0.05, 0) is 49.1 Å². The van der Waals surface area contributed by atoms with Crippen molar-refractivity contribution in [2.45, 2.75) is 38.8 Å². The first-order valence-electron chi connectivity index (χ1n) is 10.3. The molecular weight excluding hydrogens is 386 g/mol. The zero-order chi connectivity index (χ0) is 22.2. The highest BCUT2D eigenvalue weighted by atomic mass is 16.1. The second-order valence-electron chi connectivity index (χ2n) is 7.67. The maximum absolute atomic E-state index is 10.4. The van der Waals surface area contributed by atoms with Gasteiger partial charge in [-0.3, -0.25) is 14.5 Å². The van der Waals surface area contributed by atoms with E-state index >= 15 is 0 Å². The highest BCUT2D eigenvalue weighted by Gasteiger charge is 2.18. The van der Waals surface area contributed by atoms with Gasteiger partial charge in [0, 0.05) is 31.6 Å². The zero-order valence-corrected chi connectivity index (χ0v) is 18.0. The zero-order valence-electron chi connectivity index (χ0n) is 18.0. The van der Waals surface area contributed by atoms with E-state index in [1.165, 1.54) is 11.1 Å². The van der Waals surface area contributed by atoms with Gasteiger partial charge < -0.3 is 0 Å². The molecule has 1 aliphatic heterocycles. The molecule has 4 rings (SSSR count). The van der Waals surface area contributed by atoms with Gasteiger partial charge in [-0.15, -0.1) is 0 Å². The highest BCUT2D eigenvalue weighted by molar-refractivity contribution is 5.80. The van der Waals surface area contributed by atoms with Gasteiger partial charge in [-0.25, -0.2) is 0 Å². The number of carbonyl (C=O) groups excluding carboxylic acids is 1. The van der Waals surface area contributed by atoms with Gasteiger partial charge in [0.1, 0.15) is 6.29 Å². The van der Waals surface area contributed by atoms with Gasteiger partial charge >= 0.3 is 0 Å². The number of nitriles is 1. The van der Waals surface area contributed by atoms with Crippen molar-refractivity contribution in [2.75, 3.05) is 7.05 Å². The number of benzene rings is 2. The molecule has 1 aromatic heterocycles. The fourth-order valence-corrected chi connectivity index (χ4v) is 3.59. The third-order valence-electron chi connectivity index (χ3n) is 5.28. The standard InChI is InChI=1S/C14H13N3O.C11H14N2/c1-11(10-18)3-2-6-17-14-5-4-12(8-15)7-13(14)9-16-17;1-9-4-3-5-10(8-9)11-6-7-12-13(11)2/h4-5,7,9-10H,1-3,6H2;3-5,7-8,11H,6H2,1-2H3. The van der Waals surface area contributed by atoms with E-state index in [9.17, 15) is 4.79 Å². The van der Waals surface area contributed by atoms with E-state index in [0.29, 0.717) is 23.6 Å². The van der Waals surface area contributed by atoms with Crippen LogP contribution in [-0.4, -0.2) is 34.3 Å². The molecular formula is C25H27N5O. The first kappa shape index (κ1) is 22.0. The summed E-state index contributed by atoms with van der Waals surface area (Å²) in [5.41, 5.74) is 4.93. The largest absolute Gasteiger partial charge is 0.298 e. The monoisotopic (exact) mass is 413 g/mol. The molecule has 1 atom stereocenters. The van der Waals surface area contributed by atoms with Crippen LogP contribution in [0.25, 0.3) is 10.9 Å². The summed E-state index contributed by atoms with van der Waals surface area (Å²) in [4.78, 5) is 10.4. The summed E-state index contributed by atoms with van der Waals surface area (Å²) in [6, 6.07) is 16.7. The van der Waals surface area contributed by atoms with Crippen LogP contribution in [0, 0.1) is 18.3 Å². The van der Waals surface area contributed by atoms with Gasteiger partial charge in [0.2, 0.25) is 0 Å². The number of aryl methyl sites for hydroxylation is 2. The Labute approximate surface area is 183 Å². The lowest BCUT2D eigenvalue weighted by Gasteiger charge is -2.19.